The summed E-state index contributed by atoms with van der Waals surface area (Å²) >= 11 is 0. The highest BCUT2D eigenvalue weighted by molar-refractivity contribution is 5.96. The Bertz CT molecular complexity index is 1520. The number of carbonyl (C=O) groups excluding carboxylic acids is 3. The topological polar surface area (TPSA) is 101 Å². The normalized spacial score (nSPS) is 10.8. The van der Waals surface area contributed by atoms with E-state index in [9.17, 15) is 19.2 Å². The first-order chi connectivity index (χ1) is 17.2. The van der Waals surface area contributed by atoms with Crippen LogP contribution in [0.25, 0.3) is 11.0 Å². The highest BCUT2D eigenvalue weighted by Crippen LogP contribution is 2.19. The highest BCUT2D eigenvalue weighted by Gasteiger charge is 2.22. The molecule has 0 radical (unpaired) electrons. The van der Waals surface area contributed by atoms with Gasteiger partial charge in [-0.15, -0.1) is 0 Å². The van der Waals surface area contributed by atoms with Crippen LogP contribution in [0.5, 0.6) is 0 Å². The molecular formula is C28H26N4O4. The first-order valence-corrected chi connectivity index (χ1v) is 11.5. The van der Waals surface area contributed by atoms with Crippen LogP contribution in [0.2, 0.25) is 0 Å². The predicted molar refractivity (Wildman–Crippen MR) is 139 cm³/mol. The molecular weight excluding hydrogens is 456 g/mol. The molecule has 2 amide bonds. The summed E-state index contributed by atoms with van der Waals surface area (Å²) in [7, 11) is 0. The third kappa shape index (κ3) is 5.22. The Labute approximate surface area is 208 Å². The van der Waals surface area contributed by atoms with Gasteiger partial charge in [0.05, 0.1) is 17.6 Å². The van der Waals surface area contributed by atoms with E-state index in [0.717, 1.165) is 11.1 Å². The van der Waals surface area contributed by atoms with E-state index in [1.807, 2.05) is 31.2 Å². The van der Waals surface area contributed by atoms with Crippen LogP contribution in [0.1, 0.15) is 35.3 Å². The summed E-state index contributed by atoms with van der Waals surface area (Å²) in [4.78, 5) is 56.5. The first-order valence-electron chi connectivity index (χ1n) is 11.5. The molecule has 4 rings (SSSR count). The number of benzene rings is 3. The molecule has 3 aromatic carbocycles. The lowest BCUT2D eigenvalue weighted by Crippen LogP contribution is -2.38. The molecule has 0 aliphatic rings. The van der Waals surface area contributed by atoms with Crippen LogP contribution in [-0.4, -0.2) is 27.1 Å². The fraction of sp³-hybridized carbons (Fsp3) is 0.179. The van der Waals surface area contributed by atoms with Gasteiger partial charge in [-0.1, -0.05) is 36.4 Å². The number of nitrogens with one attached hydrogen (secondary N) is 1. The summed E-state index contributed by atoms with van der Waals surface area (Å²) in [6.45, 7) is 4.69. The Kier molecular flexibility index (Phi) is 7.05. The molecule has 0 aliphatic heterocycles. The molecule has 182 valence electrons. The largest absolute Gasteiger partial charge is 0.325 e. The van der Waals surface area contributed by atoms with Gasteiger partial charge in [0.15, 0.2) is 5.78 Å². The Balaban J connectivity index is 1.71. The number of ketones is 1. The fourth-order valence-electron chi connectivity index (χ4n) is 3.94. The zero-order chi connectivity index (χ0) is 25.8. The van der Waals surface area contributed by atoms with Gasteiger partial charge in [-0.2, -0.15) is 0 Å². The summed E-state index contributed by atoms with van der Waals surface area (Å²) in [5.41, 5.74) is 3.34. The van der Waals surface area contributed by atoms with E-state index in [1.54, 1.807) is 48.5 Å². The second kappa shape index (κ2) is 10.4. The summed E-state index contributed by atoms with van der Waals surface area (Å²) in [5, 5.41) is 2.76. The average molecular weight is 483 g/mol. The zero-order valence-electron chi connectivity index (χ0n) is 20.3. The maximum atomic E-state index is 13.6. The van der Waals surface area contributed by atoms with Crippen molar-refractivity contribution in [2.24, 2.45) is 0 Å². The average Bonchev–Trinajstić information content (AvgIpc) is 2.85. The van der Waals surface area contributed by atoms with Gasteiger partial charge in [0, 0.05) is 18.2 Å². The van der Waals surface area contributed by atoms with E-state index in [2.05, 4.69) is 10.3 Å². The first kappa shape index (κ1) is 24.5. The molecule has 0 atom stereocenters. The van der Waals surface area contributed by atoms with Crippen LogP contribution in [0.3, 0.4) is 0 Å². The molecule has 1 N–H and O–H groups in total. The number of hydrogen-bond donors (Lipinski definition) is 1. The summed E-state index contributed by atoms with van der Waals surface area (Å²) in [6, 6.07) is 21.1. The third-order valence-electron chi connectivity index (χ3n) is 5.94. The molecule has 0 aliphatic carbocycles. The van der Waals surface area contributed by atoms with Crippen molar-refractivity contribution in [3.63, 3.8) is 0 Å². The van der Waals surface area contributed by atoms with E-state index >= 15 is 0 Å². The van der Waals surface area contributed by atoms with Gasteiger partial charge in [0.2, 0.25) is 17.6 Å². The maximum Gasteiger partial charge on any atom is 0.294 e. The molecule has 0 saturated heterocycles. The Morgan fingerprint density at radius 2 is 1.58 bits per heavy atom. The standard InChI is InChI=1S/C28H26N4O4/c1-18-8-4-5-9-22(18)16-31(20(3)34)27-28(36)32(25-11-7-6-10-24(25)30-27)17-26(35)29-23-14-12-21(13-15-23)19(2)33/h4-15H,16-17H2,1-3H3,(H,29,35). The SMILES string of the molecule is CC(=O)c1ccc(NC(=O)Cn2c(=O)c(N(Cc3ccccc3C)C(C)=O)nc3ccccc32)cc1. The van der Waals surface area contributed by atoms with Gasteiger partial charge >= 0.3 is 0 Å². The van der Waals surface area contributed by atoms with Crippen molar-refractivity contribution in [1.29, 1.82) is 0 Å². The lowest BCUT2D eigenvalue weighted by molar-refractivity contribution is -0.117. The van der Waals surface area contributed by atoms with Crippen molar-refractivity contribution >= 4 is 40.1 Å². The van der Waals surface area contributed by atoms with E-state index in [4.69, 9.17) is 0 Å². The van der Waals surface area contributed by atoms with Gasteiger partial charge in [-0.05, 0) is 61.4 Å². The van der Waals surface area contributed by atoms with Crippen molar-refractivity contribution < 1.29 is 14.4 Å². The zero-order valence-corrected chi connectivity index (χ0v) is 20.3. The van der Waals surface area contributed by atoms with E-state index in [1.165, 1.54) is 23.3 Å². The van der Waals surface area contributed by atoms with Crippen molar-refractivity contribution in [2.45, 2.75) is 33.9 Å². The van der Waals surface area contributed by atoms with Crippen molar-refractivity contribution in [2.75, 3.05) is 10.2 Å². The van der Waals surface area contributed by atoms with E-state index in [-0.39, 0.29) is 30.6 Å². The Morgan fingerprint density at radius 1 is 0.917 bits per heavy atom. The molecule has 4 aromatic rings. The monoisotopic (exact) mass is 482 g/mol. The number of rotatable bonds is 7. The third-order valence-corrected chi connectivity index (χ3v) is 5.94. The number of anilines is 2. The lowest BCUT2D eigenvalue weighted by atomic mass is 10.1. The number of aryl methyl sites for hydroxylation is 1. The minimum Gasteiger partial charge on any atom is -0.325 e. The second-order valence-corrected chi connectivity index (χ2v) is 8.53. The Hall–Kier alpha value is -4.59. The molecule has 0 spiro atoms. The molecule has 0 saturated carbocycles. The number of nitrogens with zero attached hydrogens (tertiary/aromatic N) is 3. The summed E-state index contributed by atoms with van der Waals surface area (Å²) < 4.78 is 1.32. The number of carbonyl (C=O) groups is 3. The van der Waals surface area contributed by atoms with Gasteiger partial charge in [0.1, 0.15) is 6.54 Å². The number of fused-ring (bicyclic) bond motifs is 1. The Morgan fingerprint density at radius 3 is 2.25 bits per heavy atom. The van der Waals surface area contributed by atoms with Crippen LogP contribution >= 0.6 is 0 Å². The summed E-state index contributed by atoms with van der Waals surface area (Å²) in [5.74, 6) is -0.873. The van der Waals surface area contributed by atoms with Gasteiger partial charge in [-0.3, -0.25) is 28.6 Å². The van der Waals surface area contributed by atoms with E-state index < -0.39 is 11.5 Å². The van der Waals surface area contributed by atoms with Gasteiger partial charge < -0.3 is 5.32 Å². The lowest BCUT2D eigenvalue weighted by Gasteiger charge is -2.22. The highest BCUT2D eigenvalue weighted by atomic mass is 16.2. The molecule has 8 heteroatoms. The van der Waals surface area contributed by atoms with Gasteiger partial charge in [-0.25, -0.2) is 4.98 Å². The molecule has 1 aromatic heterocycles. The van der Waals surface area contributed by atoms with Crippen LogP contribution in [0.4, 0.5) is 11.5 Å². The number of Topliss-reactive ketones (excluding diaryl/α,β-unsaturated/α-hetero) is 1. The minimum absolute atomic E-state index is 0.0388. The molecule has 36 heavy (non-hydrogen) atoms. The quantitative estimate of drug-likeness (QED) is 0.400. The fourth-order valence-corrected chi connectivity index (χ4v) is 3.94. The molecule has 0 unspecified atom stereocenters. The predicted octanol–water partition coefficient (Wildman–Crippen LogP) is 4.10. The van der Waals surface area contributed by atoms with E-state index in [0.29, 0.717) is 22.3 Å². The van der Waals surface area contributed by atoms with Crippen LogP contribution in [-0.2, 0) is 22.7 Å². The second-order valence-electron chi connectivity index (χ2n) is 8.53. The smallest absolute Gasteiger partial charge is 0.294 e. The summed E-state index contributed by atoms with van der Waals surface area (Å²) in [6.07, 6.45) is 0. The number of para-hydroxylation sites is 2. The maximum absolute atomic E-state index is 13.6. The minimum atomic E-state index is -0.542. The van der Waals surface area contributed by atoms with Crippen molar-refractivity contribution in [3.05, 3.63) is 99.8 Å². The number of amides is 2. The van der Waals surface area contributed by atoms with Crippen LogP contribution in [0.15, 0.2) is 77.6 Å². The van der Waals surface area contributed by atoms with Gasteiger partial charge in [0.25, 0.3) is 5.56 Å². The molecule has 1 heterocycles. The molecule has 0 fully saturated rings. The van der Waals surface area contributed by atoms with Crippen molar-refractivity contribution in [1.82, 2.24) is 9.55 Å². The van der Waals surface area contributed by atoms with Crippen LogP contribution < -0.4 is 15.8 Å². The molecule has 8 nitrogen and oxygen atoms in total. The van der Waals surface area contributed by atoms with Crippen LogP contribution in [0, 0.1) is 6.92 Å². The number of hydrogen-bond acceptors (Lipinski definition) is 5. The number of aromatic nitrogens is 2. The van der Waals surface area contributed by atoms with Crippen molar-refractivity contribution in [3.8, 4) is 0 Å². The molecule has 0 bridgehead atoms.